The number of hydrogen-bond donors (Lipinski definition) is 0. The minimum atomic E-state index is -0.689. The summed E-state index contributed by atoms with van der Waals surface area (Å²) in [6, 6.07) is 4.65. The van der Waals surface area contributed by atoms with E-state index in [-0.39, 0.29) is 0 Å². The second-order valence-electron chi connectivity index (χ2n) is 5.93. The van der Waals surface area contributed by atoms with Gasteiger partial charge in [-0.25, -0.2) is 4.39 Å². The van der Waals surface area contributed by atoms with Gasteiger partial charge in [-0.2, -0.15) is 0 Å². The highest BCUT2D eigenvalue weighted by atomic mass is 19.1. The zero-order valence-corrected chi connectivity index (χ0v) is 12.6. The number of halogens is 1. The first-order chi connectivity index (χ1) is 9.19. The fourth-order valence-electron chi connectivity index (χ4n) is 2.09. The van der Waals surface area contributed by atoms with Crippen molar-refractivity contribution in [3.8, 4) is 5.75 Å². The van der Waals surface area contributed by atoms with Crippen molar-refractivity contribution in [3.63, 3.8) is 0 Å². The van der Waals surface area contributed by atoms with Gasteiger partial charge in [0, 0.05) is 0 Å². The fourth-order valence-corrected chi connectivity index (χ4v) is 2.09. The smallest absolute Gasteiger partial charge is 0.495 e. The van der Waals surface area contributed by atoms with Crippen LogP contribution >= 0.6 is 0 Å². The predicted octanol–water partition coefficient (Wildman–Crippen LogP) is 3.48. The van der Waals surface area contributed by atoms with E-state index in [0.29, 0.717) is 16.8 Å². The van der Waals surface area contributed by atoms with Crippen LogP contribution in [0.15, 0.2) is 24.8 Å². The molecular formula is C15H20BFO3. The van der Waals surface area contributed by atoms with Crippen LogP contribution in [0.5, 0.6) is 5.75 Å². The molecule has 0 radical (unpaired) electrons. The first-order valence-electron chi connectivity index (χ1n) is 6.57. The van der Waals surface area contributed by atoms with E-state index in [9.17, 15) is 4.39 Å². The molecule has 0 spiro atoms. The Hall–Kier alpha value is -1.33. The van der Waals surface area contributed by atoms with E-state index in [1.807, 2.05) is 27.7 Å². The van der Waals surface area contributed by atoms with Crippen LogP contribution in [0.25, 0.3) is 5.47 Å². The number of methoxy groups -OCH3 is 1. The predicted molar refractivity (Wildman–Crippen MR) is 78.1 cm³/mol. The highest BCUT2D eigenvalue weighted by molar-refractivity contribution is 6.68. The zero-order valence-electron chi connectivity index (χ0n) is 12.6. The normalized spacial score (nSPS) is 20.0. The Labute approximate surface area is 119 Å². The molecule has 3 nitrogen and oxygen atoms in total. The summed E-state index contributed by atoms with van der Waals surface area (Å²) in [7, 11) is 0.807. The minimum absolute atomic E-state index is 0.300. The van der Waals surface area contributed by atoms with Crippen LogP contribution in [-0.4, -0.2) is 25.4 Å². The molecule has 0 aliphatic carbocycles. The van der Waals surface area contributed by atoms with Crippen molar-refractivity contribution in [2.75, 3.05) is 7.11 Å². The van der Waals surface area contributed by atoms with Crippen LogP contribution in [-0.2, 0) is 9.31 Å². The number of rotatable bonds is 3. The van der Waals surface area contributed by atoms with Gasteiger partial charge in [-0.15, -0.1) is 0 Å². The summed E-state index contributed by atoms with van der Waals surface area (Å²) >= 11 is 0. The van der Waals surface area contributed by atoms with Gasteiger partial charge < -0.3 is 14.0 Å². The van der Waals surface area contributed by atoms with E-state index in [1.54, 1.807) is 12.1 Å². The van der Waals surface area contributed by atoms with Crippen molar-refractivity contribution >= 4 is 12.6 Å². The highest BCUT2D eigenvalue weighted by Crippen LogP contribution is 2.41. The van der Waals surface area contributed by atoms with Gasteiger partial charge in [0.25, 0.3) is 0 Å². The number of hydrogen-bond acceptors (Lipinski definition) is 3. The van der Waals surface area contributed by atoms with Crippen molar-refractivity contribution in [2.24, 2.45) is 0 Å². The fraction of sp³-hybridized carbons (Fsp3) is 0.467. The van der Waals surface area contributed by atoms with Crippen LogP contribution in [0.4, 0.5) is 4.39 Å². The third kappa shape index (κ3) is 2.36. The molecule has 0 bridgehead atoms. The molecule has 5 heteroatoms. The van der Waals surface area contributed by atoms with Crippen LogP contribution in [0, 0.1) is 5.82 Å². The number of benzene rings is 1. The monoisotopic (exact) mass is 278 g/mol. The average molecular weight is 278 g/mol. The lowest BCUT2D eigenvalue weighted by Gasteiger charge is -2.32. The van der Waals surface area contributed by atoms with Gasteiger partial charge in [-0.05, 0) is 45.3 Å². The second kappa shape index (κ2) is 4.90. The Morgan fingerprint density at radius 1 is 1.20 bits per heavy atom. The maximum absolute atomic E-state index is 14.1. The maximum atomic E-state index is 14.1. The molecule has 1 saturated heterocycles. The molecule has 1 aliphatic rings. The molecule has 0 unspecified atom stereocenters. The summed E-state index contributed by atoms with van der Waals surface area (Å²) in [5.74, 6) is 0.0220. The Kier molecular flexibility index (Phi) is 3.69. The largest absolute Gasteiger partial charge is 0.496 e. The maximum Gasteiger partial charge on any atom is 0.495 e. The molecule has 0 amide bonds. The van der Waals surface area contributed by atoms with Gasteiger partial charge in [-0.1, -0.05) is 12.6 Å². The SMILES string of the molecule is C=C(B1OC(C)(C)C(C)(C)O1)c1c(F)cccc1OC. The third-order valence-corrected chi connectivity index (χ3v) is 4.05. The topological polar surface area (TPSA) is 27.7 Å². The molecule has 1 aromatic carbocycles. The van der Waals surface area contributed by atoms with E-state index in [1.165, 1.54) is 13.2 Å². The summed E-state index contributed by atoms with van der Waals surface area (Å²) in [5, 5.41) is 0. The first-order valence-corrected chi connectivity index (χ1v) is 6.57. The van der Waals surface area contributed by atoms with Crippen molar-refractivity contribution in [1.82, 2.24) is 0 Å². The van der Waals surface area contributed by atoms with Crippen molar-refractivity contribution in [2.45, 2.75) is 38.9 Å². The van der Waals surface area contributed by atoms with E-state index < -0.39 is 24.1 Å². The molecule has 0 saturated carbocycles. The van der Waals surface area contributed by atoms with E-state index in [4.69, 9.17) is 14.0 Å². The van der Waals surface area contributed by atoms with Gasteiger partial charge in [0.1, 0.15) is 11.6 Å². The Morgan fingerprint density at radius 2 is 1.75 bits per heavy atom. The molecule has 1 aromatic rings. The summed E-state index contributed by atoms with van der Waals surface area (Å²) in [4.78, 5) is 0. The van der Waals surface area contributed by atoms with Crippen molar-refractivity contribution < 1.29 is 18.4 Å². The van der Waals surface area contributed by atoms with E-state index >= 15 is 0 Å². The van der Waals surface area contributed by atoms with Gasteiger partial charge in [0.05, 0.1) is 23.9 Å². The van der Waals surface area contributed by atoms with Gasteiger partial charge in [0.2, 0.25) is 0 Å². The Bertz CT molecular complexity index is 524. The molecular weight excluding hydrogens is 258 g/mol. The molecule has 0 N–H and O–H groups in total. The molecule has 1 heterocycles. The Morgan fingerprint density at radius 3 is 2.25 bits per heavy atom. The molecule has 1 fully saturated rings. The van der Waals surface area contributed by atoms with E-state index in [2.05, 4.69) is 6.58 Å². The zero-order chi connectivity index (χ0) is 15.1. The Balaban J connectivity index is 2.35. The highest BCUT2D eigenvalue weighted by Gasteiger charge is 2.52. The van der Waals surface area contributed by atoms with Gasteiger partial charge >= 0.3 is 7.12 Å². The van der Waals surface area contributed by atoms with Gasteiger partial charge in [0.15, 0.2) is 0 Å². The molecule has 20 heavy (non-hydrogen) atoms. The van der Waals surface area contributed by atoms with Crippen LogP contribution < -0.4 is 4.74 Å². The first kappa shape index (κ1) is 15.1. The van der Waals surface area contributed by atoms with Crippen molar-refractivity contribution in [1.29, 1.82) is 0 Å². The minimum Gasteiger partial charge on any atom is -0.496 e. The quantitative estimate of drug-likeness (QED) is 0.792. The summed E-state index contributed by atoms with van der Waals surface area (Å²) in [6.45, 7) is 11.7. The summed E-state index contributed by atoms with van der Waals surface area (Å²) < 4.78 is 31.1. The molecule has 0 atom stereocenters. The van der Waals surface area contributed by atoms with Crippen LogP contribution in [0.2, 0.25) is 0 Å². The molecule has 108 valence electrons. The molecule has 2 rings (SSSR count). The number of ether oxygens (including phenoxy) is 1. The lowest BCUT2D eigenvalue weighted by atomic mass is 9.74. The lowest BCUT2D eigenvalue weighted by molar-refractivity contribution is 0.00578. The second-order valence-corrected chi connectivity index (χ2v) is 5.93. The van der Waals surface area contributed by atoms with Crippen LogP contribution in [0.1, 0.15) is 33.3 Å². The average Bonchev–Trinajstić information content (AvgIpc) is 2.57. The van der Waals surface area contributed by atoms with E-state index in [0.717, 1.165) is 0 Å². The summed E-state index contributed by atoms with van der Waals surface area (Å²) in [6.07, 6.45) is 0. The van der Waals surface area contributed by atoms with Crippen molar-refractivity contribution in [3.05, 3.63) is 36.2 Å². The van der Waals surface area contributed by atoms with Crippen LogP contribution in [0.3, 0.4) is 0 Å². The van der Waals surface area contributed by atoms with Gasteiger partial charge in [-0.3, -0.25) is 0 Å². The standard InChI is InChI=1S/C15H20BFO3/c1-10(13-11(17)8-7-9-12(13)18-6)16-19-14(2,3)15(4,5)20-16/h7-9H,1H2,2-6H3. The molecule has 0 aromatic heterocycles. The third-order valence-electron chi connectivity index (χ3n) is 4.05. The summed E-state index contributed by atoms with van der Waals surface area (Å²) in [5.41, 5.74) is -0.245. The molecule has 1 aliphatic heterocycles. The lowest BCUT2D eigenvalue weighted by Crippen LogP contribution is -2.41.